The smallest absolute Gasteiger partial charge is 0.0630 e. The van der Waals surface area contributed by atoms with Gasteiger partial charge in [0.15, 0.2) is 0 Å². The number of aromatic nitrogens is 1. The van der Waals surface area contributed by atoms with E-state index in [1.807, 2.05) is 42.5 Å². The van der Waals surface area contributed by atoms with Gasteiger partial charge in [0.25, 0.3) is 0 Å². The van der Waals surface area contributed by atoms with Crippen LogP contribution in [-0.2, 0) is 0 Å². The minimum absolute atomic E-state index is 0.551. The van der Waals surface area contributed by atoms with E-state index >= 15 is 0 Å². The summed E-state index contributed by atoms with van der Waals surface area (Å²) in [6.45, 7) is 0. The first-order valence-corrected chi connectivity index (χ1v) is 6.40. The largest absolute Gasteiger partial charge is 0.354 e. The van der Waals surface area contributed by atoms with Crippen LogP contribution in [0.25, 0.3) is 32.9 Å². The van der Waals surface area contributed by atoms with Gasteiger partial charge in [-0.1, -0.05) is 66.7 Å². The molecule has 3 aromatic carbocycles. The molecular weight excluding hydrogens is 230 g/mol. The van der Waals surface area contributed by atoms with Crippen LogP contribution in [0.2, 0.25) is 0 Å². The molecule has 0 spiro atoms. The van der Waals surface area contributed by atoms with Crippen LogP contribution in [0.1, 0.15) is 1.37 Å². The summed E-state index contributed by atoms with van der Waals surface area (Å²) in [5.41, 5.74) is 4.21. The first-order valence-electron chi connectivity index (χ1n) is 6.90. The zero-order valence-electron chi connectivity index (χ0n) is 11.4. The number of fused-ring (bicyclic) bond motifs is 3. The summed E-state index contributed by atoms with van der Waals surface area (Å²) in [5, 5.41) is 2.38. The third kappa shape index (κ3) is 1.55. The standard InChI is InChI=1S/C18H13N/c1-2-7-13(8-3-1)14-10-6-11-16-15-9-4-5-12-17(15)19-18(14)16/h1-12,19H/i10D. The number of H-pyrrole nitrogens is 1. The molecule has 1 heteroatoms. The second kappa shape index (κ2) is 3.99. The SMILES string of the molecule is [2H]c1ccc2c([nH]c3ccccc32)c1-c1ccccc1. The maximum absolute atomic E-state index is 8.24. The molecule has 0 aliphatic rings. The summed E-state index contributed by atoms with van der Waals surface area (Å²) >= 11 is 0. The van der Waals surface area contributed by atoms with E-state index in [-0.39, 0.29) is 0 Å². The maximum atomic E-state index is 8.24. The molecule has 0 unspecified atom stereocenters. The lowest BCUT2D eigenvalue weighted by molar-refractivity contribution is 1.53. The predicted molar refractivity (Wildman–Crippen MR) is 81.2 cm³/mol. The van der Waals surface area contributed by atoms with Crippen molar-refractivity contribution in [2.75, 3.05) is 0 Å². The van der Waals surface area contributed by atoms with Crippen molar-refractivity contribution in [2.24, 2.45) is 0 Å². The van der Waals surface area contributed by atoms with E-state index in [1.165, 1.54) is 10.8 Å². The summed E-state index contributed by atoms with van der Waals surface area (Å²) in [6.07, 6.45) is 0. The molecular formula is C18H13N. The lowest BCUT2D eigenvalue weighted by Crippen LogP contribution is -1.79. The number of aromatic amines is 1. The normalized spacial score (nSPS) is 11.9. The number of para-hydroxylation sites is 2. The monoisotopic (exact) mass is 244 g/mol. The number of benzene rings is 3. The van der Waals surface area contributed by atoms with Gasteiger partial charge in [0.1, 0.15) is 0 Å². The molecule has 1 N–H and O–H groups in total. The van der Waals surface area contributed by atoms with Gasteiger partial charge >= 0.3 is 0 Å². The van der Waals surface area contributed by atoms with Crippen LogP contribution in [-0.4, -0.2) is 4.98 Å². The van der Waals surface area contributed by atoms with Gasteiger partial charge in [0, 0.05) is 21.9 Å². The lowest BCUT2D eigenvalue weighted by Gasteiger charge is -2.03. The molecule has 0 radical (unpaired) electrons. The maximum Gasteiger partial charge on any atom is 0.0630 e. The fraction of sp³-hybridized carbons (Fsp3) is 0. The number of hydrogen-bond acceptors (Lipinski definition) is 0. The van der Waals surface area contributed by atoms with Gasteiger partial charge in [-0.05, 0) is 11.6 Å². The Morgan fingerprint density at radius 1 is 0.737 bits per heavy atom. The molecule has 1 aromatic heterocycles. The van der Waals surface area contributed by atoms with Crippen molar-refractivity contribution in [3.8, 4) is 11.1 Å². The first kappa shape index (κ1) is 9.40. The molecule has 19 heavy (non-hydrogen) atoms. The van der Waals surface area contributed by atoms with Crippen molar-refractivity contribution >= 4 is 21.8 Å². The van der Waals surface area contributed by atoms with Crippen LogP contribution < -0.4 is 0 Å². The molecule has 1 heterocycles. The summed E-state index contributed by atoms with van der Waals surface area (Å²) in [5.74, 6) is 0. The highest BCUT2D eigenvalue weighted by Gasteiger charge is 2.08. The van der Waals surface area contributed by atoms with Crippen LogP contribution in [0.3, 0.4) is 0 Å². The van der Waals surface area contributed by atoms with Gasteiger partial charge < -0.3 is 4.98 Å². The number of rotatable bonds is 1. The van der Waals surface area contributed by atoms with Crippen LogP contribution in [0, 0.1) is 0 Å². The fourth-order valence-corrected chi connectivity index (χ4v) is 2.65. The zero-order valence-corrected chi connectivity index (χ0v) is 10.4. The van der Waals surface area contributed by atoms with Crippen LogP contribution in [0.5, 0.6) is 0 Å². The van der Waals surface area contributed by atoms with Gasteiger partial charge in [-0.15, -0.1) is 0 Å². The van der Waals surface area contributed by atoms with Crippen molar-refractivity contribution in [1.82, 2.24) is 4.98 Å². The van der Waals surface area contributed by atoms with Crippen molar-refractivity contribution in [2.45, 2.75) is 0 Å². The lowest BCUT2D eigenvalue weighted by atomic mass is 10.0. The van der Waals surface area contributed by atoms with E-state index in [9.17, 15) is 0 Å². The molecule has 4 rings (SSSR count). The third-order valence-corrected chi connectivity index (χ3v) is 3.54. The second-order valence-electron chi connectivity index (χ2n) is 4.68. The van der Waals surface area contributed by atoms with E-state index in [4.69, 9.17) is 1.37 Å². The molecule has 0 saturated carbocycles. The van der Waals surface area contributed by atoms with Gasteiger partial charge in [-0.25, -0.2) is 0 Å². The second-order valence-corrected chi connectivity index (χ2v) is 4.68. The average molecular weight is 244 g/mol. The minimum Gasteiger partial charge on any atom is -0.354 e. The Labute approximate surface area is 112 Å². The highest BCUT2D eigenvalue weighted by molar-refractivity contribution is 6.11. The van der Waals surface area contributed by atoms with Crippen molar-refractivity contribution in [3.63, 3.8) is 0 Å². The van der Waals surface area contributed by atoms with E-state index in [0.717, 1.165) is 22.2 Å². The van der Waals surface area contributed by atoms with E-state index in [0.29, 0.717) is 6.04 Å². The number of nitrogens with one attached hydrogen (secondary N) is 1. The topological polar surface area (TPSA) is 15.8 Å². The average Bonchev–Trinajstić information content (AvgIpc) is 2.86. The molecule has 0 atom stereocenters. The minimum atomic E-state index is 0.551. The van der Waals surface area contributed by atoms with Crippen LogP contribution in [0.15, 0.2) is 72.8 Å². The Balaban J connectivity index is 2.17. The molecule has 0 amide bonds. The summed E-state index contributed by atoms with van der Waals surface area (Å²) in [4.78, 5) is 3.47. The molecule has 0 bridgehead atoms. The predicted octanol–water partition coefficient (Wildman–Crippen LogP) is 4.99. The van der Waals surface area contributed by atoms with Crippen LogP contribution in [0.4, 0.5) is 0 Å². The Bertz CT molecular complexity index is 907. The van der Waals surface area contributed by atoms with Gasteiger partial charge in [-0.2, -0.15) is 0 Å². The molecule has 0 fully saturated rings. The Hall–Kier alpha value is -2.54. The van der Waals surface area contributed by atoms with E-state index in [1.54, 1.807) is 0 Å². The van der Waals surface area contributed by atoms with Gasteiger partial charge in [0.05, 0.1) is 6.89 Å². The Morgan fingerprint density at radius 3 is 2.37 bits per heavy atom. The molecule has 1 nitrogen and oxygen atoms in total. The highest BCUT2D eigenvalue weighted by atomic mass is 14.7. The summed E-state index contributed by atoms with van der Waals surface area (Å²) < 4.78 is 8.24. The molecule has 0 saturated heterocycles. The molecule has 90 valence electrons. The summed E-state index contributed by atoms with van der Waals surface area (Å²) in [6, 6.07) is 22.9. The molecule has 0 aliphatic heterocycles. The zero-order chi connectivity index (χ0) is 13.5. The number of hydrogen-bond donors (Lipinski definition) is 1. The van der Waals surface area contributed by atoms with Crippen molar-refractivity contribution < 1.29 is 1.37 Å². The van der Waals surface area contributed by atoms with Crippen molar-refractivity contribution in [1.29, 1.82) is 0 Å². The quantitative estimate of drug-likeness (QED) is 0.485. The summed E-state index contributed by atoms with van der Waals surface area (Å²) in [7, 11) is 0. The van der Waals surface area contributed by atoms with Crippen LogP contribution >= 0.6 is 0 Å². The molecule has 4 aromatic rings. The van der Waals surface area contributed by atoms with E-state index in [2.05, 4.69) is 29.2 Å². The third-order valence-electron chi connectivity index (χ3n) is 3.54. The highest BCUT2D eigenvalue weighted by Crippen LogP contribution is 2.32. The van der Waals surface area contributed by atoms with E-state index < -0.39 is 0 Å². The van der Waals surface area contributed by atoms with Gasteiger partial charge in [-0.3, -0.25) is 0 Å². The van der Waals surface area contributed by atoms with Gasteiger partial charge in [0.2, 0.25) is 0 Å². The van der Waals surface area contributed by atoms with Crippen molar-refractivity contribution in [3.05, 3.63) is 72.8 Å². The first-order chi connectivity index (χ1) is 9.84. The Kier molecular flexibility index (Phi) is 1.97. The molecule has 0 aliphatic carbocycles. The fourth-order valence-electron chi connectivity index (χ4n) is 2.65. The Morgan fingerprint density at radius 2 is 1.47 bits per heavy atom.